The van der Waals surface area contributed by atoms with Crippen molar-refractivity contribution in [2.24, 2.45) is 5.41 Å². The quantitative estimate of drug-likeness (QED) is 0.141. The zero-order valence-corrected chi connectivity index (χ0v) is 30.5. The van der Waals surface area contributed by atoms with Crippen LogP contribution in [-0.4, -0.2) is 37.6 Å². The maximum absolute atomic E-state index is 13.6. The monoisotopic (exact) mass is 748 g/mol. The van der Waals surface area contributed by atoms with Crippen LogP contribution < -0.4 is 25.4 Å². The first-order valence-electron chi connectivity index (χ1n) is 17.4. The number of methoxy groups -OCH3 is 1. The van der Waals surface area contributed by atoms with Crippen LogP contribution in [-0.2, 0) is 33.9 Å². The molecular weight excluding hydrogens is 711 g/mol. The van der Waals surface area contributed by atoms with Crippen molar-refractivity contribution in [3.05, 3.63) is 141 Å². The average Bonchev–Trinajstić information content (AvgIpc) is 3.20. The van der Waals surface area contributed by atoms with Crippen LogP contribution in [0.5, 0.6) is 11.5 Å². The second kappa shape index (κ2) is 15.8. The lowest BCUT2D eigenvalue weighted by Crippen LogP contribution is -2.53. The van der Waals surface area contributed by atoms with Gasteiger partial charge in [-0.1, -0.05) is 90.0 Å². The summed E-state index contributed by atoms with van der Waals surface area (Å²) in [5.41, 5.74) is 5.92. The number of fused-ring (bicyclic) bond motifs is 2. The normalized spacial score (nSPS) is 20.6. The van der Waals surface area contributed by atoms with E-state index in [0.717, 1.165) is 50.6 Å². The highest BCUT2D eigenvalue weighted by atomic mass is 35.5. The number of hydrogen-bond donors (Lipinski definition) is 3. The molecule has 9 nitrogen and oxygen atoms in total. The van der Waals surface area contributed by atoms with E-state index in [1.165, 1.54) is 7.11 Å². The van der Waals surface area contributed by atoms with Crippen LogP contribution in [0.2, 0.25) is 10.0 Å². The Morgan fingerprint density at radius 2 is 1.85 bits per heavy atom. The Morgan fingerprint density at radius 1 is 1.04 bits per heavy atom. The van der Waals surface area contributed by atoms with Crippen LogP contribution in [0.15, 0.2) is 103 Å². The van der Waals surface area contributed by atoms with Gasteiger partial charge in [-0.15, -0.1) is 0 Å². The Labute approximate surface area is 318 Å². The summed E-state index contributed by atoms with van der Waals surface area (Å²) in [6, 6.07) is 28.0. The van der Waals surface area contributed by atoms with Gasteiger partial charge in [0, 0.05) is 13.0 Å². The number of nitriles is 1. The van der Waals surface area contributed by atoms with E-state index in [0.29, 0.717) is 42.6 Å². The summed E-state index contributed by atoms with van der Waals surface area (Å²) < 4.78 is 17.4. The molecule has 2 heterocycles. The topological polar surface area (TPSA) is 122 Å². The average molecular weight is 750 g/mol. The van der Waals surface area contributed by atoms with E-state index in [4.69, 9.17) is 37.4 Å². The molecule has 3 N–H and O–H groups in total. The van der Waals surface area contributed by atoms with Crippen molar-refractivity contribution in [2.75, 3.05) is 19.0 Å². The van der Waals surface area contributed by atoms with Gasteiger partial charge in [0.05, 0.1) is 46.9 Å². The van der Waals surface area contributed by atoms with Crippen LogP contribution in [0, 0.1) is 16.7 Å². The molecule has 2 aliphatic heterocycles. The molecule has 7 rings (SSSR count). The number of amides is 1. The van der Waals surface area contributed by atoms with Gasteiger partial charge in [0.1, 0.15) is 30.3 Å². The van der Waals surface area contributed by atoms with Crippen LogP contribution >= 0.6 is 23.2 Å². The maximum Gasteiger partial charge on any atom is 0.328 e. The second-order valence-corrected chi connectivity index (χ2v) is 14.3. The molecule has 4 aromatic carbocycles. The summed E-state index contributed by atoms with van der Waals surface area (Å²) in [4.78, 5) is 26.5. The largest absolute Gasteiger partial charge is 0.489 e. The minimum absolute atomic E-state index is 0.0880. The van der Waals surface area contributed by atoms with Crippen molar-refractivity contribution < 1.29 is 23.8 Å². The highest BCUT2D eigenvalue weighted by molar-refractivity contribution is 6.42. The van der Waals surface area contributed by atoms with E-state index in [2.05, 4.69) is 22.0 Å². The lowest BCUT2D eigenvalue weighted by Gasteiger charge is -2.32. The molecule has 0 saturated carbocycles. The second-order valence-electron chi connectivity index (χ2n) is 13.5. The summed E-state index contributed by atoms with van der Waals surface area (Å²) in [6.45, 7) is 1.38. The first-order chi connectivity index (χ1) is 25.7. The molecule has 11 heteroatoms. The molecule has 270 valence electrons. The number of anilines is 1. The summed E-state index contributed by atoms with van der Waals surface area (Å²) >= 11 is 12.1. The molecule has 4 atom stereocenters. The van der Waals surface area contributed by atoms with E-state index in [1.807, 2.05) is 91.0 Å². The van der Waals surface area contributed by atoms with Crippen molar-refractivity contribution in [1.29, 1.82) is 5.26 Å². The zero-order chi connectivity index (χ0) is 37.0. The third kappa shape index (κ3) is 8.21. The van der Waals surface area contributed by atoms with Crippen molar-refractivity contribution in [2.45, 2.75) is 50.6 Å². The molecule has 1 amide bonds. The number of carbonyl (C=O) groups is 2. The summed E-state index contributed by atoms with van der Waals surface area (Å²) in [7, 11) is 1.29. The van der Waals surface area contributed by atoms with Gasteiger partial charge in [0.2, 0.25) is 5.91 Å². The zero-order valence-electron chi connectivity index (χ0n) is 29.0. The fourth-order valence-electron chi connectivity index (χ4n) is 6.90. The van der Waals surface area contributed by atoms with Gasteiger partial charge in [-0.3, -0.25) is 4.79 Å². The highest BCUT2D eigenvalue weighted by Gasteiger charge is 2.38. The molecule has 1 aliphatic carbocycles. The number of nitrogens with zero attached hydrogens (tertiary/aromatic N) is 1. The predicted molar refractivity (Wildman–Crippen MR) is 205 cm³/mol. The molecular formula is C42H38Cl2N4O5. The number of carbonyl (C=O) groups excluding carboxylic acids is 2. The van der Waals surface area contributed by atoms with E-state index in [1.54, 1.807) is 12.1 Å². The number of nitrogens with one attached hydrogen (secondary N) is 3. The van der Waals surface area contributed by atoms with E-state index in [-0.39, 0.29) is 18.4 Å². The Bertz CT molecular complexity index is 2110. The van der Waals surface area contributed by atoms with Crippen molar-refractivity contribution in [3.63, 3.8) is 0 Å². The Hall–Kier alpha value is -5.27. The van der Waals surface area contributed by atoms with Gasteiger partial charge in [-0.05, 0) is 82.6 Å². The first kappa shape index (κ1) is 36.1. The van der Waals surface area contributed by atoms with Crippen LogP contribution in [0.4, 0.5) is 5.69 Å². The molecule has 0 fully saturated rings. The van der Waals surface area contributed by atoms with Crippen molar-refractivity contribution in [3.8, 4) is 17.6 Å². The van der Waals surface area contributed by atoms with Crippen molar-refractivity contribution >= 4 is 46.3 Å². The van der Waals surface area contributed by atoms with Crippen LogP contribution in [0.3, 0.4) is 0 Å². The molecule has 0 bridgehead atoms. The minimum atomic E-state index is -0.995. The van der Waals surface area contributed by atoms with Crippen LogP contribution in [0.1, 0.15) is 46.8 Å². The minimum Gasteiger partial charge on any atom is -0.489 e. The van der Waals surface area contributed by atoms with Crippen molar-refractivity contribution in [1.82, 2.24) is 10.6 Å². The van der Waals surface area contributed by atoms with Gasteiger partial charge in [-0.25, -0.2) is 4.79 Å². The molecule has 53 heavy (non-hydrogen) atoms. The number of ether oxygens (including phenoxy) is 3. The number of halogens is 2. The summed E-state index contributed by atoms with van der Waals surface area (Å²) in [6.07, 6.45) is 6.46. The third-order valence-corrected chi connectivity index (χ3v) is 10.7. The van der Waals surface area contributed by atoms with Gasteiger partial charge >= 0.3 is 5.97 Å². The lowest BCUT2D eigenvalue weighted by atomic mass is 9.75. The van der Waals surface area contributed by atoms with E-state index in [9.17, 15) is 14.9 Å². The molecule has 4 aromatic rings. The standard InChI is InChI=1S/C42H38Cl2N4O5/c1-51-41(50)37(21-42(25-45)15-13-28(14-16-42)27-5-3-2-4-6-27)48-40(49)36-19-30-18-35-38(20-31(30)22-46-36)53-39(23-47-35)29-8-10-32(11-9-29)52-24-26-7-12-33(43)34(44)17-26/h2-15,17-18,20,36-37,39,46-47H,16,19,21-24H2,1H3,(H,48,49)/t36?,37-,39+,42?/m0/s1. The molecule has 0 radical (unpaired) electrons. The van der Waals surface area contributed by atoms with Gasteiger partial charge in [0.15, 0.2) is 0 Å². The van der Waals surface area contributed by atoms with E-state index >= 15 is 0 Å². The predicted octanol–water partition coefficient (Wildman–Crippen LogP) is 7.73. The van der Waals surface area contributed by atoms with E-state index < -0.39 is 23.5 Å². The Morgan fingerprint density at radius 3 is 2.57 bits per heavy atom. The number of esters is 1. The highest BCUT2D eigenvalue weighted by Crippen LogP contribution is 2.39. The molecule has 3 aliphatic rings. The maximum atomic E-state index is 13.6. The Balaban J connectivity index is 0.961. The fourth-order valence-corrected chi connectivity index (χ4v) is 7.22. The summed E-state index contributed by atoms with van der Waals surface area (Å²) in [5.74, 6) is 0.546. The number of benzene rings is 4. The molecule has 0 saturated heterocycles. The van der Waals surface area contributed by atoms with Crippen LogP contribution in [0.25, 0.3) is 5.57 Å². The van der Waals surface area contributed by atoms with Gasteiger partial charge < -0.3 is 30.2 Å². The first-order valence-corrected chi connectivity index (χ1v) is 18.2. The smallest absolute Gasteiger partial charge is 0.328 e. The number of rotatable bonds is 10. The molecule has 0 aromatic heterocycles. The number of hydrogen-bond acceptors (Lipinski definition) is 8. The summed E-state index contributed by atoms with van der Waals surface area (Å²) in [5, 5.41) is 20.9. The molecule has 2 unspecified atom stereocenters. The number of allylic oxidation sites excluding steroid dienone is 4. The Kier molecular flexibility index (Phi) is 10.7. The molecule has 0 spiro atoms. The van der Waals surface area contributed by atoms with Gasteiger partial charge in [0.25, 0.3) is 0 Å². The fraction of sp³-hybridized carbons (Fsp3) is 0.262. The lowest BCUT2D eigenvalue weighted by molar-refractivity contribution is -0.146. The third-order valence-electron chi connectivity index (χ3n) is 9.94. The SMILES string of the molecule is COC(=O)[C@H](CC1(C#N)C=CC(c2ccccc2)=CC1)NC(=O)C1Cc2cc3c(cc2CN1)O[C@@H](c1ccc(OCc2ccc(Cl)c(Cl)c2)cc1)CN3. The van der Waals surface area contributed by atoms with Gasteiger partial charge in [-0.2, -0.15) is 5.26 Å².